The fourth-order valence-electron chi connectivity index (χ4n) is 8.23. The summed E-state index contributed by atoms with van der Waals surface area (Å²) in [6, 6.07) is 70.2. The van der Waals surface area contributed by atoms with Crippen molar-refractivity contribution in [2.24, 2.45) is 0 Å². The van der Waals surface area contributed by atoms with Gasteiger partial charge in [0.05, 0.1) is 22.4 Å². The van der Waals surface area contributed by atoms with Gasteiger partial charge in [-0.05, 0) is 64.7 Å². The lowest BCUT2D eigenvalue weighted by Crippen LogP contribution is -1.98. The Balaban J connectivity index is 1.14. The molecule has 262 valence electrons. The van der Waals surface area contributed by atoms with Crippen molar-refractivity contribution in [3.8, 4) is 61.8 Å². The molecule has 3 heterocycles. The molecule has 4 nitrogen and oxygen atoms in total. The SMILES string of the molecule is c1ccc(-c2ccc(-c3cc(-c4cccc5c4c4ccccc4n5-c4ccc5oc6ccccc6c5c4)nc(-c4ccccc4-c4ccccc4)n3)cc2)cc1. The van der Waals surface area contributed by atoms with Crippen LogP contribution in [0.3, 0.4) is 0 Å². The van der Waals surface area contributed by atoms with E-state index in [4.69, 9.17) is 14.4 Å². The summed E-state index contributed by atoms with van der Waals surface area (Å²) in [5, 5.41) is 4.51. The molecule has 8 aromatic carbocycles. The Kier molecular flexibility index (Phi) is 7.46. The van der Waals surface area contributed by atoms with E-state index in [1.807, 2.05) is 24.3 Å². The van der Waals surface area contributed by atoms with Gasteiger partial charge in [-0.15, -0.1) is 0 Å². The van der Waals surface area contributed by atoms with Crippen LogP contribution in [0.15, 0.2) is 205 Å². The van der Waals surface area contributed by atoms with Crippen LogP contribution in [-0.2, 0) is 0 Å². The van der Waals surface area contributed by atoms with Crippen LogP contribution in [-0.4, -0.2) is 14.5 Å². The van der Waals surface area contributed by atoms with Gasteiger partial charge in [-0.1, -0.05) is 158 Å². The first kappa shape index (κ1) is 31.9. The molecule has 0 aliphatic heterocycles. The lowest BCUT2D eigenvalue weighted by Gasteiger charge is -2.14. The molecular weight excluding hydrogens is 683 g/mol. The Hall–Kier alpha value is -7.56. The van der Waals surface area contributed by atoms with Crippen LogP contribution >= 0.6 is 0 Å². The molecule has 11 rings (SSSR count). The largest absolute Gasteiger partial charge is 0.456 e. The van der Waals surface area contributed by atoms with Crippen LogP contribution in [0.5, 0.6) is 0 Å². The molecule has 0 N–H and O–H groups in total. The van der Waals surface area contributed by atoms with Crippen LogP contribution in [0.25, 0.3) is 106 Å². The average molecular weight is 716 g/mol. The van der Waals surface area contributed by atoms with E-state index in [1.165, 1.54) is 5.56 Å². The standard InChI is InChI=1S/C52H33N3O/c1-3-14-34(15-4-1)35-26-28-37(29-27-35)45-33-46(54-52(53-45)41-20-8-7-18-39(41)36-16-5-2-6-17-36)42-22-13-24-48-51(42)43-21-9-11-23-47(43)55(48)38-30-31-50-44(32-38)40-19-10-12-25-49(40)56-50/h1-33H. The molecule has 11 aromatic rings. The number of hydrogen-bond acceptors (Lipinski definition) is 3. The van der Waals surface area contributed by atoms with Crippen molar-refractivity contribution in [2.45, 2.75) is 0 Å². The predicted molar refractivity (Wildman–Crippen MR) is 231 cm³/mol. The van der Waals surface area contributed by atoms with E-state index in [0.29, 0.717) is 5.82 Å². The van der Waals surface area contributed by atoms with Crippen molar-refractivity contribution in [3.63, 3.8) is 0 Å². The molecule has 0 atom stereocenters. The summed E-state index contributed by atoms with van der Waals surface area (Å²) in [6.45, 7) is 0. The summed E-state index contributed by atoms with van der Waals surface area (Å²) in [6.07, 6.45) is 0. The number of hydrogen-bond donors (Lipinski definition) is 0. The summed E-state index contributed by atoms with van der Waals surface area (Å²) >= 11 is 0. The Bertz CT molecular complexity index is 3230. The van der Waals surface area contributed by atoms with Gasteiger partial charge in [0, 0.05) is 43.9 Å². The molecule has 0 fully saturated rings. The third-order valence-corrected chi connectivity index (χ3v) is 10.9. The maximum atomic E-state index is 6.21. The minimum atomic E-state index is 0.683. The monoisotopic (exact) mass is 715 g/mol. The molecular formula is C52H33N3O. The number of benzene rings is 8. The van der Waals surface area contributed by atoms with Gasteiger partial charge in [-0.3, -0.25) is 0 Å². The van der Waals surface area contributed by atoms with Crippen molar-refractivity contribution < 1.29 is 4.42 Å². The van der Waals surface area contributed by atoms with E-state index < -0.39 is 0 Å². The highest BCUT2D eigenvalue weighted by atomic mass is 16.3. The third kappa shape index (κ3) is 5.31. The minimum Gasteiger partial charge on any atom is -0.456 e. The summed E-state index contributed by atoms with van der Waals surface area (Å²) in [5.41, 5.74) is 14.4. The highest BCUT2D eigenvalue weighted by Gasteiger charge is 2.20. The Morgan fingerprint density at radius 2 is 0.946 bits per heavy atom. The molecule has 0 saturated carbocycles. The number of rotatable bonds is 6. The molecule has 0 aliphatic rings. The van der Waals surface area contributed by atoms with Crippen LogP contribution in [0, 0.1) is 0 Å². The molecule has 0 saturated heterocycles. The smallest absolute Gasteiger partial charge is 0.161 e. The van der Waals surface area contributed by atoms with E-state index in [1.54, 1.807) is 0 Å². The van der Waals surface area contributed by atoms with Gasteiger partial charge in [0.1, 0.15) is 11.2 Å². The molecule has 3 aromatic heterocycles. The molecule has 0 amide bonds. The first-order chi connectivity index (χ1) is 27.8. The molecule has 0 bridgehead atoms. The van der Waals surface area contributed by atoms with Crippen LogP contribution in [0.2, 0.25) is 0 Å². The topological polar surface area (TPSA) is 43.9 Å². The summed E-state index contributed by atoms with van der Waals surface area (Å²) in [4.78, 5) is 10.7. The second kappa shape index (κ2) is 13.1. The highest BCUT2D eigenvalue weighted by molar-refractivity contribution is 6.16. The normalized spacial score (nSPS) is 11.6. The molecule has 0 spiro atoms. The highest BCUT2D eigenvalue weighted by Crippen LogP contribution is 2.41. The van der Waals surface area contributed by atoms with Gasteiger partial charge in [0.25, 0.3) is 0 Å². The Labute approximate surface area is 323 Å². The lowest BCUT2D eigenvalue weighted by molar-refractivity contribution is 0.669. The zero-order valence-electron chi connectivity index (χ0n) is 30.3. The van der Waals surface area contributed by atoms with Crippen molar-refractivity contribution in [1.82, 2.24) is 14.5 Å². The van der Waals surface area contributed by atoms with E-state index in [0.717, 1.165) is 94.2 Å². The van der Waals surface area contributed by atoms with Gasteiger partial charge in [0.2, 0.25) is 0 Å². The number of nitrogens with zero attached hydrogens (tertiary/aromatic N) is 3. The van der Waals surface area contributed by atoms with Crippen molar-refractivity contribution >= 4 is 43.7 Å². The van der Waals surface area contributed by atoms with Gasteiger partial charge >= 0.3 is 0 Å². The Morgan fingerprint density at radius 1 is 0.357 bits per heavy atom. The van der Waals surface area contributed by atoms with Gasteiger partial charge in [-0.2, -0.15) is 0 Å². The molecule has 0 unspecified atom stereocenters. The molecule has 0 aliphatic carbocycles. The molecule has 0 radical (unpaired) electrons. The third-order valence-electron chi connectivity index (χ3n) is 10.9. The minimum absolute atomic E-state index is 0.683. The van der Waals surface area contributed by atoms with Gasteiger partial charge in [0.15, 0.2) is 5.82 Å². The fraction of sp³-hybridized carbons (Fsp3) is 0. The average Bonchev–Trinajstić information content (AvgIpc) is 3.82. The summed E-state index contributed by atoms with van der Waals surface area (Å²) in [7, 11) is 0. The second-order valence-electron chi connectivity index (χ2n) is 14.1. The van der Waals surface area contributed by atoms with Crippen LogP contribution in [0.1, 0.15) is 0 Å². The predicted octanol–water partition coefficient (Wildman–Crippen LogP) is 13.8. The van der Waals surface area contributed by atoms with Crippen LogP contribution < -0.4 is 0 Å². The summed E-state index contributed by atoms with van der Waals surface area (Å²) < 4.78 is 8.58. The van der Waals surface area contributed by atoms with Gasteiger partial charge < -0.3 is 8.98 Å². The van der Waals surface area contributed by atoms with Crippen molar-refractivity contribution in [3.05, 3.63) is 200 Å². The Morgan fingerprint density at radius 3 is 1.77 bits per heavy atom. The number of furan rings is 1. The zero-order valence-corrected chi connectivity index (χ0v) is 30.3. The zero-order chi connectivity index (χ0) is 37.0. The number of para-hydroxylation sites is 2. The van der Waals surface area contributed by atoms with E-state index in [9.17, 15) is 0 Å². The van der Waals surface area contributed by atoms with E-state index >= 15 is 0 Å². The van der Waals surface area contributed by atoms with E-state index in [-0.39, 0.29) is 0 Å². The van der Waals surface area contributed by atoms with E-state index in [2.05, 4.69) is 180 Å². The summed E-state index contributed by atoms with van der Waals surface area (Å²) in [5.74, 6) is 0.683. The van der Waals surface area contributed by atoms with Crippen molar-refractivity contribution in [1.29, 1.82) is 0 Å². The number of fused-ring (bicyclic) bond motifs is 6. The first-order valence-corrected chi connectivity index (χ1v) is 18.9. The van der Waals surface area contributed by atoms with Crippen LogP contribution in [0.4, 0.5) is 0 Å². The lowest BCUT2D eigenvalue weighted by atomic mass is 9.97. The number of aromatic nitrogens is 3. The quantitative estimate of drug-likeness (QED) is 0.172. The van der Waals surface area contributed by atoms with Crippen molar-refractivity contribution in [2.75, 3.05) is 0 Å². The maximum absolute atomic E-state index is 6.21. The molecule has 56 heavy (non-hydrogen) atoms. The second-order valence-corrected chi connectivity index (χ2v) is 14.1. The first-order valence-electron chi connectivity index (χ1n) is 18.9. The van der Waals surface area contributed by atoms with Gasteiger partial charge in [-0.25, -0.2) is 9.97 Å². The molecule has 4 heteroatoms. The maximum Gasteiger partial charge on any atom is 0.161 e. The fourth-order valence-corrected chi connectivity index (χ4v) is 8.23.